The number of nitrogens with zero attached hydrogens (tertiary/aromatic N) is 1. The van der Waals surface area contributed by atoms with E-state index in [0.29, 0.717) is 6.42 Å². The molecule has 17 heavy (non-hydrogen) atoms. The minimum atomic E-state index is -1.13. The van der Waals surface area contributed by atoms with Crippen LogP contribution in [0.3, 0.4) is 0 Å². The van der Waals surface area contributed by atoms with Gasteiger partial charge < -0.3 is 5.11 Å². The summed E-state index contributed by atoms with van der Waals surface area (Å²) in [7, 11) is 0. The number of carbonyl (C=O) groups is 2. The fourth-order valence-electron chi connectivity index (χ4n) is 1.95. The van der Waals surface area contributed by atoms with E-state index in [-0.39, 0.29) is 12.2 Å². The van der Waals surface area contributed by atoms with Gasteiger partial charge in [-0.2, -0.15) is 0 Å². The lowest BCUT2D eigenvalue weighted by molar-refractivity contribution is -0.140. The third kappa shape index (κ3) is 3.80. The van der Waals surface area contributed by atoms with Gasteiger partial charge in [0.1, 0.15) is 5.54 Å². The maximum absolute atomic E-state index is 12.0. The monoisotopic (exact) mass is 237 g/mol. The summed E-state index contributed by atoms with van der Waals surface area (Å²) in [5.74, 6) is -1.07. The largest absolute Gasteiger partial charge is 0.481 e. The molecule has 0 aromatic rings. The lowest BCUT2D eigenvalue weighted by Crippen LogP contribution is -2.35. The maximum Gasteiger partial charge on any atom is 0.306 e. The van der Waals surface area contributed by atoms with Gasteiger partial charge in [-0.3, -0.25) is 14.6 Å². The number of aliphatic carboxylic acids is 1. The Balaban J connectivity index is 2.53. The molecule has 1 unspecified atom stereocenters. The lowest BCUT2D eigenvalue weighted by Gasteiger charge is -2.20. The van der Waals surface area contributed by atoms with Crippen molar-refractivity contribution in [2.24, 2.45) is 4.99 Å². The Bertz CT molecular complexity index is 333. The first-order valence-electron chi connectivity index (χ1n) is 6.09. The number of hydrogen-bond donors (Lipinski definition) is 1. The number of hydrogen-bond acceptors (Lipinski definition) is 3. The molecule has 0 saturated carbocycles. The van der Waals surface area contributed by atoms with E-state index in [1.807, 2.05) is 0 Å². The van der Waals surface area contributed by atoms with Gasteiger partial charge >= 0.3 is 5.97 Å². The molecule has 1 aliphatic heterocycles. The van der Waals surface area contributed by atoms with Crippen molar-refractivity contribution in [2.75, 3.05) is 0 Å². The summed E-state index contributed by atoms with van der Waals surface area (Å²) < 4.78 is 0. The third-order valence-electron chi connectivity index (χ3n) is 2.92. The Morgan fingerprint density at radius 2 is 2.06 bits per heavy atom. The highest BCUT2D eigenvalue weighted by Crippen LogP contribution is 2.25. The molecule has 0 radical (unpaired) electrons. The van der Waals surface area contributed by atoms with Crippen LogP contribution in [0.25, 0.3) is 0 Å². The van der Waals surface area contributed by atoms with Crippen molar-refractivity contribution >= 4 is 18.0 Å². The average Bonchev–Trinajstić information content (AvgIpc) is 2.73. The van der Waals surface area contributed by atoms with Crippen LogP contribution in [0.4, 0.5) is 0 Å². The zero-order valence-corrected chi connectivity index (χ0v) is 10.2. The molecule has 1 heterocycles. The molecule has 0 fully saturated rings. The summed E-state index contributed by atoms with van der Waals surface area (Å²) in [4.78, 5) is 26.9. The van der Waals surface area contributed by atoms with Gasteiger partial charge in [-0.25, -0.2) is 0 Å². The summed E-state index contributed by atoms with van der Waals surface area (Å²) in [6.45, 7) is 2.11. The zero-order chi connectivity index (χ0) is 12.7. The topological polar surface area (TPSA) is 66.7 Å². The molecule has 1 atom stereocenters. The Kier molecular flexibility index (Phi) is 5.07. The number of ketones is 1. The molecule has 0 bridgehead atoms. The highest BCUT2D eigenvalue weighted by molar-refractivity contribution is 5.98. The second-order valence-electron chi connectivity index (χ2n) is 4.37. The van der Waals surface area contributed by atoms with Crippen LogP contribution in [0, 0.1) is 0 Å². The normalized spacial score (nSPS) is 21.9. The molecule has 0 aromatic heterocycles. The Morgan fingerprint density at radius 1 is 1.29 bits per heavy atom. The molecule has 1 aliphatic rings. The van der Waals surface area contributed by atoms with E-state index in [0.717, 1.165) is 25.7 Å². The maximum atomic E-state index is 12.0. The first kappa shape index (κ1) is 13.6. The number of unbranched alkanes of at least 4 members (excludes halogenated alkanes) is 3. The SMILES string of the molecule is CCCCCCC(=O)C1(CC(=O)O)C=CC=N1. The van der Waals surface area contributed by atoms with Gasteiger partial charge in [0.25, 0.3) is 0 Å². The second-order valence-corrected chi connectivity index (χ2v) is 4.37. The van der Waals surface area contributed by atoms with Crippen molar-refractivity contribution in [3.63, 3.8) is 0 Å². The number of carboxylic acids is 1. The standard InChI is InChI=1S/C13H19NO3/c1-2-3-4-5-7-11(15)13(10-12(16)17)8-6-9-14-13/h6,8-9H,2-5,7,10H2,1H3,(H,16,17). The molecule has 0 aromatic carbocycles. The van der Waals surface area contributed by atoms with Crippen LogP contribution < -0.4 is 0 Å². The van der Waals surface area contributed by atoms with Crippen molar-refractivity contribution in [2.45, 2.75) is 51.0 Å². The molecule has 0 spiro atoms. The first-order valence-corrected chi connectivity index (χ1v) is 6.09. The molecular weight excluding hydrogens is 218 g/mol. The smallest absolute Gasteiger partial charge is 0.306 e. The lowest BCUT2D eigenvalue weighted by atomic mass is 9.88. The Labute approximate surface area is 101 Å². The van der Waals surface area contributed by atoms with Crippen molar-refractivity contribution in [1.82, 2.24) is 0 Å². The van der Waals surface area contributed by atoms with Crippen LogP contribution in [0.5, 0.6) is 0 Å². The summed E-state index contributed by atoms with van der Waals surface area (Å²) in [5, 5.41) is 8.84. The molecule has 0 aliphatic carbocycles. The summed E-state index contributed by atoms with van der Waals surface area (Å²) in [6, 6.07) is 0. The number of carbonyl (C=O) groups excluding carboxylic acids is 1. The van der Waals surface area contributed by atoms with Crippen molar-refractivity contribution in [1.29, 1.82) is 0 Å². The van der Waals surface area contributed by atoms with Crippen LogP contribution in [0.2, 0.25) is 0 Å². The molecule has 4 nitrogen and oxygen atoms in total. The van der Waals surface area contributed by atoms with Crippen LogP contribution >= 0.6 is 0 Å². The van der Waals surface area contributed by atoms with E-state index in [1.54, 1.807) is 12.2 Å². The molecule has 1 N–H and O–H groups in total. The molecule has 94 valence electrons. The van der Waals surface area contributed by atoms with E-state index >= 15 is 0 Å². The zero-order valence-electron chi connectivity index (χ0n) is 10.2. The predicted octanol–water partition coefficient (Wildman–Crippen LogP) is 2.38. The van der Waals surface area contributed by atoms with Crippen LogP contribution in [-0.2, 0) is 9.59 Å². The van der Waals surface area contributed by atoms with Gasteiger partial charge in [0.2, 0.25) is 0 Å². The minimum Gasteiger partial charge on any atom is -0.481 e. The van der Waals surface area contributed by atoms with E-state index in [9.17, 15) is 9.59 Å². The van der Waals surface area contributed by atoms with Crippen molar-refractivity contribution < 1.29 is 14.7 Å². The highest BCUT2D eigenvalue weighted by atomic mass is 16.4. The van der Waals surface area contributed by atoms with E-state index in [1.165, 1.54) is 6.21 Å². The number of rotatable bonds is 8. The third-order valence-corrected chi connectivity index (χ3v) is 2.92. The van der Waals surface area contributed by atoms with Gasteiger partial charge in [0.15, 0.2) is 5.78 Å². The average molecular weight is 237 g/mol. The number of Topliss-reactive ketones (excluding diaryl/α,β-unsaturated/α-hetero) is 1. The van der Waals surface area contributed by atoms with Crippen LogP contribution in [-0.4, -0.2) is 28.6 Å². The van der Waals surface area contributed by atoms with Crippen molar-refractivity contribution in [3.05, 3.63) is 12.2 Å². The first-order chi connectivity index (χ1) is 8.10. The van der Waals surface area contributed by atoms with Crippen LogP contribution in [0.15, 0.2) is 17.1 Å². The van der Waals surface area contributed by atoms with Gasteiger partial charge in [0.05, 0.1) is 6.42 Å². The summed E-state index contributed by atoms with van der Waals surface area (Å²) in [5.41, 5.74) is -1.13. The predicted molar refractivity (Wildman–Crippen MR) is 66.4 cm³/mol. The summed E-state index contributed by atoms with van der Waals surface area (Å²) in [6.07, 6.45) is 8.98. The van der Waals surface area contributed by atoms with Crippen LogP contribution in [0.1, 0.15) is 45.4 Å². The quantitative estimate of drug-likeness (QED) is 0.659. The van der Waals surface area contributed by atoms with E-state index in [4.69, 9.17) is 5.11 Å². The minimum absolute atomic E-state index is 0.0824. The number of aliphatic imine (C=N–C) groups is 1. The molecule has 4 heteroatoms. The Hall–Kier alpha value is -1.45. The molecular formula is C13H19NO3. The van der Waals surface area contributed by atoms with Gasteiger partial charge in [-0.15, -0.1) is 0 Å². The fraction of sp³-hybridized carbons (Fsp3) is 0.615. The fourth-order valence-corrected chi connectivity index (χ4v) is 1.95. The van der Waals surface area contributed by atoms with E-state index < -0.39 is 11.5 Å². The van der Waals surface area contributed by atoms with Gasteiger partial charge in [-0.05, 0) is 18.6 Å². The summed E-state index contributed by atoms with van der Waals surface area (Å²) >= 11 is 0. The van der Waals surface area contributed by atoms with Crippen molar-refractivity contribution in [3.8, 4) is 0 Å². The molecule has 1 rings (SSSR count). The second kappa shape index (κ2) is 6.33. The van der Waals surface area contributed by atoms with E-state index in [2.05, 4.69) is 11.9 Å². The number of allylic oxidation sites excluding steroid dienone is 1. The van der Waals surface area contributed by atoms with Gasteiger partial charge in [-0.1, -0.05) is 26.2 Å². The number of carboxylic acid groups (broad SMARTS) is 1. The highest BCUT2D eigenvalue weighted by Gasteiger charge is 2.37. The molecule has 0 saturated heterocycles. The Morgan fingerprint density at radius 3 is 2.59 bits per heavy atom. The molecule has 0 amide bonds. The van der Waals surface area contributed by atoms with Gasteiger partial charge in [0, 0.05) is 12.6 Å².